The van der Waals surface area contributed by atoms with Crippen molar-refractivity contribution in [2.45, 2.75) is 13.5 Å². The van der Waals surface area contributed by atoms with Crippen LogP contribution >= 0.6 is 11.3 Å². The fourth-order valence-corrected chi connectivity index (χ4v) is 4.19. The van der Waals surface area contributed by atoms with E-state index in [-0.39, 0.29) is 12.5 Å². The van der Waals surface area contributed by atoms with Gasteiger partial charge < -0.3 is 14.8 Å². The van der Waals surface area contributed by atoms with E-state index in [2.05, 4.69) is 30.8 Å². The maximum atomic E-state index is 13.0. The molecule has 0 radical (unpaired) electrons. The number of nitrogens with one attached hydrogen (secondary N) is 1. The number of nitrogens with zero attached hydrogens (tertiary/aromatic N) is 6. The van der Waals surface area contributed by atoms with Crippen molar-refractivity contribution >= 4 is 33.1 Å². The largest absolute Gasteiger partial charge is 0.480 e. The summed E-state index contributed by atoms with van der Waals surface area (Å²) in [5.41, 5.74) is 2.20. The van der Waals surface area contributed by atoms with Gasteiger partial charge in [0.2, 0.25) is 5.88 Å². The number of aromatic nitrogens is 6. The van der Waals surface area contributed by atoms with Gasteiger partial charge in [-0.05, 0) is 35.0 Å². The normalized spacial score (nSPS) is 11.1. The Morgan fingerprint density at radius 3 is 2.80 bits per heavy atom. The van der Waals surface area contributed by atoms with Gasteiger partial charge in [0.05, 0.1) is 17.4 Å². The average molecular weight is 425 g/mol. The van der Waals surface area contributed by atoms with Crippen LogP contribution in [0.3, 0.4) is 0 Å². The Balaban J connectivity index is 1.67. The van der Waals surface area contributed by atoms with E-state index >= 15 is 0 Å². The van der Waals surface area contributed by atoms with Gasteiger partial charge in [-0.2, -0.15) is 4.98 Å². The van der Waals surface area contributed by atoms with Crippen LogP contribution in [-0.2, 0) is 18.4 Å². The Morgan fingerprint density at radius 2 is 2.10 bits per heavy atom. The van der Waals surface area contributed by atoms with Crippen LogP contribution in [-0.4, -0.2) is 50.3 Å². The van der Waals surface area contributed by atoms with Gasteiger partial charge in [0.1, 0.15) is 11.4 Å². The number of hydrogen-bond donors (Lipinski definition) is 1. The van der Waals surface area contributed by atoms with Gasteiger partial charge in [0, 0.05) is 25.4 Å². The van der Waals surface area contributed by atoms with E-state index in [1.54, 1.807) is 25.9 Å². The van der Waals surface area contributed by atoms with E-state index in [4.69, 9.17) is 9.47 Å². The highest BCUT2D eigenvalue weighted by molar-refractivity contribution is 7.20. The Labute approximate surface area is 175 Å². The molecule has 154 valence electrons. The number of carbonyl (C=O) groups excluding carboxylic acids is 1. The minimum absolute atomic E-state index is 0.237. The standard InChI is InChI=1S/C19H19N7O3S/c1-10-14-18(29-4)21-13(9-28-3)22-19(14)30-15(10)17(27)20-12-7-5-6-11(8-12)16-23-24-25-26(16)2/h5-8H,9H2,1-4H3,(H,20,27). The highest BCUT2D eigenvalue weighted by atomic mass is 32.1. The highest BCUT2D eigenvalue weighted by Crippen LogP contribution is 2.35. The SMILES string of the molecule is COCc1nc(OC)c2c(C)c(C(=O)Nc3cccc(-c4nnnn4C)c3)sc2n1. The monoisotopic (exact) mass is 425 g/mol. The lowest BCUT2D eigenvalue weighted by atomic mass is 10.1. The zero-order chi connectivity index (χ0) is 21.3. The minimum atomic E-state index is -0.237. The molecule has 1 amide bonds. The van der Waals surface area contributed by atoms with E-state index in [0.717, 1.165) is 16.5 Å². The van der Waals surface area contributed by atoms with Crippen molar-refractivity contribution in [3.8, 4) is 17.3 Å². The Kier molecular flexibility index (Phi) is 5.38. The van der Waals surface area contributed by atoms with Gasteiger partial charge in [0.25, 0.3) is 5.91 Å². The Bertz CT molecular complexity index is 1230. The number of fused-ring (bicyclic) bond motifs is 1. The third-order valence-electron chi connectivity index (χ3n) is 4.48. The first kappa shape index (κ1) is 19.9. The van der Waals surface area contributed by atoms with Crippen LogP contribution in [0.15, 0.2) is 24.3 Å². The van der Waals surface area contributed by atoms with Crippen molar-refractivity contribution in [1.82, 2.24) is 30.2 Å². The van der Waals surface area contributed by atoms with E-state index in [1.165, 1.54) is 11.3 Å². The number of rotatable bonds is 6. The van der Waals surface area contributed by atoms with Crippen LogP contribution in [0.4, 0.5) is 5.69 Å². The summed E-state index contributed by atoms with van der Waals surface area (Å²) in [4.78, 5) is 23.1. The summed E-state index contributed by atoms with van der Waals surface area (Å²) in [6.45, 7) is 2.12. The molecule has 0 aliphatic carbocycles. The van der Waals surface area contributed by atoms with Gasteiger partial charge >= 0.3 is 0 Å². The summed E-state index contributed by atoms with van der Waals surface area (Å²) < 4.78 is 12.1. The molecule has 0 fully saturated rings. The number of amides is 1. The van der Waals surface area contributed by atoms with E-state index in [1.807, 2.05) is 31.2 Å². The maximum Gasteiger partial charge on any atom is 0.266 e. The molecule has 0 unspecified atom stereocenters. The van der Waals surface area contributed by atoms with E-state index in [9.17, 15) is 4.79 Å². The summed E-state index contributed by atoms with van der Waals surface area (Å²) in [6, 6.07) is 7.35. The zero-order valence-corrected chi connectivity index (χ0v) is 17.6. The van der Waals surface area contributed by atoms with Crippen LogP contribution in [0.2, 0.25) is 0 Å². The predicted octanol–water partition coefficient (Wildman–Crippen LogP) is 2.60. The molecular formula is C19H19N7O3S. The summed E-state index contributed by atoms with van der Waals surface area (Å²) in [5, 5.41) is 15.2. The molecule has 10 nitrogen and oxygen atoms in total. The highest BCUT2D eigenvalue weighted by Gasteiger charge is 2.21. The lowest BCUT2D eigenvalue weighted by Gasteiger charge is -2.07. The average Bonchev–Trinajstić information content (AvgIpc) is 3.31. The molecule has 3 heterocycles. The zero-order valence-electron chi connectivity index (χ0n) is 16.8. The molecule has 0 spiro atoms. The second-order valence-electron chi connectivity index (χ2n) is 6.48. The molecule has 30 heavy (non-hydrogen) atoms. The number of thiophene rings is 1. The lowest BCUT2D eigenvalue weighted by molar-refractivity contribution is 0.103. The molecule has 1 N–H and O–H groups in total. The molecule has 4 aromatic rings. The van der Waals surface area contributed by atoms with Crippen molar-refractivity contribution < 1.29 is 14.3 Å². The second-order valence-corrected chi connectivity index (χ2v) is 7.48. The molecule has 0 aliphatic rings. The molecule has 0 saturated carbocycles. The number of benzene rings is 1. The van der Waals surface area contributed by atoms with Crippen LogP contribution in [0.1, 0.15) is 21.1 Å². The molecule has 0 aliphatic heterocycles. The number of tetrazole rings is 1. The fourth-order valence-electron chi connectivity index (χ4n) is 3.10. The molecule has 0 bridgehead atoms. The third-order valence-corrected chi connectivity index (χ3v) is 5.66. The fraction of sp³-hybridized carbons (Fsp3) is 0.263. The Morgan fingerprint density at radius 1 is 1.27 bits per heavy atom. The quantitative estimate of drug-likeness (QED) is 0.501. The predicted molar refractivity (Wildman–Crippen MR) is 112 cm³/mol. The van der Waals surface area contributed by atoms with Crippen molar-refractivity contribution in [2.75, 3.05) is 19.5 Å². The summed E-state index contributed by atoms with van der Waals surface area (Å²) >= 11 is 1.29. The van der Waals surface area contributed by atoms with Gasteiger partial charge in [0.15, 0.2) is 11.6 Å². The lowest BCUT2D eigenvalue weighted by Crippen LogP contribution is -2.11. The van der Waals surface area contributed by atoms with Gasteiger partial charge in [-0.15, -0.1) is 16.4 Å². The van der Waals surface area contributed by atoms with E-state index < -0.39 is 0 Å². The van der Waals surface area contributed by atoms with Gasteiger partial charge in [-0.25, -0.2) is 9.67 Å². The first-order valence-electron chi connectivity index (χ1n) is 8.99. The summed E-state index contributed by atoms with van der Waals surface area (Å²) in [7, 11) is 4.87. The van der Waals surface area contributed by atoms with Gasteiger partial charge in [-0.3, -0.25) is 4.79 Å². The third kappa shape index (κ3) is 3.60. The maximum absolute atomic E-state index is 13.0. The van der Waals surface area contributed by atoms with Gasteiger partial charge in [-0.1, -0.05) is 12.1 Å². The minimum Gasteiger partial charge on any atom is -0.480 e. The topological polar surface area (TPSA) is 117 Å². The number of hydrogen-bond acceptors (Lipinski definition) is 9. The van der Waals surface area contributed by atoms with Crippen LogP contribution in [0.25, 0.3) is 21.6 Å². The number of methoxy groups -OCH3 is 2. The molecule has 0 saturated heterocycles. The second kappa shape index (κ2) is 8.13. The number of anilines is 1. The first-order chi connectivity index (χ1) is 14.5. The van der Waals surface area contributed by atoms with Crippen LogP contribution < -0.4 is 10.1 Å². The molecule has 3 aromatic heterocycles. The molecule has 1 aromatic carbocycles. The Hall–Kier alpha value is -3.44. The van der Waals surface area contributed by atoms with Crippen molar-refractivity contribution in [1.29, 1.82) is 0 Å². The number of ether oxygens (including phenoxy) is 2. The molecular weight excluding hydrogens is 406 g/mol. The number of aryl methyl sites for hydroxylation is 2. The number of carbonyl (C=O) groups is 1. The molecule has 11 heteroatoms. The summed E-state index contributed by atoms with van der Waals surface area (Å²) in [5.74, 6) is 1.30. The van der Waals surface area contributed by atoms with Crippen LogP contribution in [0.5, 0.6) is 5.88 Å². The summed E-state index contributed by atoms with van der Waals surface area (Å²) in [6.07, 6.45) is 0. The van der Waals surface area contributed by atoms with Crippen molar-refractivity contribution in [3.63, 3.8) is 0 Å². The van der Waals surface area contributed by atoms with Crippen molar-refractivity contribution in [2.24, 2.45) is 7.05 Å². The first-order valence-corrected chi connectivity index (χ1v) is 9.80. The van der Waals surface area contributed by atoms with E-state index in [0.29, 0.717) is 32.9 Å². The van der Waals surface area contributed by atoms with Crippen LogP contribution in [0, 0.1) is 6.92 Å². The van der Waals surface area contributed by atoms with Crippen molar-refractivity contribution in [3.05, 3.63) is 40.5 Å². The molecule has 4 rings (SSSR count). The molecule has 0 atom stereocenters. The smallest absolute Gasteiger partial charge is 0.266 e.